The zero-order valence-corrected chi connectivity index (χ0v) is 23.9. The van der Waals surface area contributed by atoms with E-state index in [-0.39, 0.29) is 24.0 Å². The van der Waals surface area contributed by atoms with E-state index in [0.717, 1.165) is 18.9 Å². The normalized spacial score (nSPS) is 29.9. The standard InChI is InChI=1S/C29H34F3N3O8/c1-4-35-8-6-5-7-16(35)13-11-17(36)19-14(24(13)43-29(30,31)32)9-12-10-15-21(34(2)3)23(38)20(27(33)41)26(40)28(15,42)25(39)18(12)22(19)37/h11-12,15-16,21,36-37,40,42H,4-10H2,1-3H3,(H2,33,41)/t12-,15-,16?,21-,28-/m0/s1. The number of nitrogens with zero attached hydrogens (tertiary/aromatic N) is 2. The molecule has 6 N–H and O–H groups in total. The highest BCUT2D eigenvalue weighted by Gasteiger charge is 2.64. The number of rotatable bonds is 5. The van der Waals surface area contributed by atoms with Crippen LogP contribution in [0.3, 0.4) is 0 Å². The Kier molecular flexibility index (Phi) is 7.55. The second-order valence-electron chi connectivity index (χ2n) is 11.8. The highest BCUT2D eigenvalue weighted by Crippen LogP contribution is 2.55. The van der Waals surface area contributed by atoms with Crippen molar-refractivity contribution in [1.29, 1.82) is 0 Å². The first-order valence-corrected chi connectivity index (χ1v) is 14.1. The smallest absolute Gasteiger partial charge is 0.508 e. The van der Waals surface area contributed by atoms with Gasteiger partial charge in [-0.3, -0.25) is 24.2 Å². The summed E-state index contributed by atoms with van der Waals surface area (Å²) >= 11 is 0. The number of phenols is 1. The molecule has 234 valence electrons. The highest BCUT2D eigenvalue weighted by atomic mass is 19.4. The summed E-state index contributed by atoms with van der Waals surface area (Å²) in [6.07, 6.45) is -3.61. The van der Waals surface area contributed by atoms with Crippen molar-refractivity contribution >= 4 is 23.2 Å². The molecule has 0 aromatic heterocycles. The van der Waals surface area contributed by atoms with Crippen LogP contribution in [-0.4, -0.2) is 92.9 Å². The van der Waals surface area contributed by atoms with Gasteiger partial charge < -0.3 is 30.9 Å². The maximum absolute atomic E-state index is 14.0. The molecule has 1 saturated heterocycles. The Morgan fingerprint density at radius 2 is 1.88 bits per heavy atom. The van der Waals surface area contributed by atoms with Crippen molar-refractivity contribution in [1.82, 2.24) is 9.80 Å². The van der Waals surface area contributed by atoms with Gasteiger partial charge in [-0.2, -0.15) is 0 Å². The fourth-order valence-electron chi connectivity index (χ4n) is 7.52. The van der Waals surface area contributed by atoms with E-state index in [2.05, 4.69) is 4.74 Å². The van der Waals surface area contributed by atoms with Crippen LogP contribution in [0.4, 0.5) is 13.2 Å². The number of amides is 1. The van der Waals surface area contributed by atoms with Crippen LogP contribution < -0.4 is 10.5 Å². The zero-order chi connectivity index (χ0) is 31.8. The largest absolute Gasteiger partial charge is 0.573 e. The fourth-order valence-corrected chi connectivity index (χ4v) is 7.52. The van der Waals surface area contributed by atoms with Gasteiger partial charge in [-0.1, -0.05) is 13.3 Å². The molecule has 1 aromatic rings. The predicted octanol–water partition coefficient (Wildman–Crippen LogP) is 2.41. The van der Waals surface area contributed by atoms with E-state index in [1.165, 1.54) is 19.0 Å². The van der Waals surface area contributed by atoms with Gasteiger partial charge in [-0.25, -0.2) is 0 Å². The number of ether oxygens (including phenoxy) is 1. The summed E-state index contributed by atoms with van der Waals surface area (Å²) in [5.74, 6) is -9.24. The fraction of sp³-hybridized carbons (Fsp3) is 0.552. The number of ketones is 2. The Morgan fingerprint density at radius 1 is 1.21 bits per heavy atom. The Balaban J connectivity index is 1.74. The number of benzene rings is 1. The van der Waals surface area contributed by atoms with Crippen LogP contribution >= 0.6 is 0 Å². The Morgan fingerprint density at radius 3 is 2.47 bits per heavy atom. The molecule has 4 aliphatic rings. The van der Waals surface area contributed by atoms with Gasteiger partial charge in [0.15, 0.2) is 11.4 Å². The van der Waals surface area contributed by atoms with Crippen LogP contribution in [0.15, 0.2) is 23.0 Å². The van der Waals surface area contributed by atoms with Crippen molar-refractivity contribution in [3.63, 3.8) is 0 Å². The Bertz CT molecular complexity index is 1470. The van der Waals surface area contributed by atoms with Gasteiger partial charge in [0.05, 0.1) is 11.6 Å². The molecule has 11 nitrogen and oxygen atoms in total. The second-order valence-corrected chi connectivity index (χ2v) is 11.8. The summed E-state index contributed by atoms with van der Waals surface area (Å²) in [5.41, 5.74) is 0.520. The molecular weight excluding hydrogens is 575 g/mol. The van der Waals surface area contributed by atoms with Gasteiger partial charge in [0.1, 0.15) is 28.6 Å². The third-order valence-electron chi connectivity index (χ3n) is 9.30. The number of hydrogen-bond donors (Lipinski definition) is 5. The molecule has 0 bridgehead atoms. The predicted molar refractivity (Wildman–Crippen MR) is 145 cm³/mol. The van der Waals surface area contributed by atoms with Gasteiger partial charge in [-0.15, -0.1) is 13.2 Å². The summed E-state index contributed by atoms with van der Waals surface area (Å²) in [7, 11) is 2.91. The van der Waals surface area contributed by atoms with E-state index < -0.39 is 93.1 Å². The Labute approximate surface area is 245 Å². The number of nitrogens with two attached hydrogens (primary N) is 1. The first-order chi connectivity index (χ1) is 20.0. The number of aliphatic hydroxyl groups excluding tert-OH is 2. The van der Waals surface area contributed by atoms with Crippen LogP contribution in [0.1, 0.15) is 55.3 Å². The number of alkyl halides is 3. The van der Waals surface area contributed by atoms with E-state index in [4.69, 9.17) is 5.73 Å². The summed E-state index contributed by atoms with van der Waals surface area (Å²) < 4.78 is 46.2. The molecule has 0 spiro atoms. The molecule has 3 aliphatic carbocycles. The number of halogens is 3. The number of carbonyl (C=O) groups excluding carboxylic acids is 3. The molecule has 1 aliphatic heterocycles. The van der Waals surface area contributed by atoms with E-state index >= 15 is 0 Å². The zero-order valence-electron chi connectivity index (χ0n) is 23.9. The summed E-state index contributed by atoms with van der Waals surface area (Å²) in [6, 6.07) is -0.727. The van der Waals surface area contributed by atoms with Crippen LogP contribution in [0.25, 0.3) is 5.76 Å². The monoisotopic (exact) mass is 609 g/mol. The number of aliphatic hydroxyl groups is 3. The lowest BCUT2D eigenvalue weighted by Gasteiger charge is -2.50. The molecule has 14 heteroatoms. The molecule has 0 radical (unpaired) electrons. The average molecular weight is 610 g/mol. The minimum absolute atomic E-state index is 0.0932. The quantitative estimate of drug-likeness (QED) is 0.312. The number of fused-ring (bicyclic) bond motifs is 3. The van der Waals surface area contributed by atoms with Gasteiger partial charge in [0.2, 0.25) is 5.78 Å². The van der Waals surface area contributed by atoms with Crippen LogP contribution in [-0.2, 0) is 20.8 Å². The molecule has 1 saturated carbocycles. The number of likely N-dealkylation sites (N-methyl/N-ethyl adjacent to an activating group) is 1. The van der Waals surface area contributed by atoms with Crippen LogP contribution in [0.5, 0.6) is 11.5 Å². The molecule has 5 atom stereocenters. The van der Waals surface area contributed by atoms with Crippen molar-refractivity contribution in [3.05, 3.63) is 39.7 Å². The minimum atomic E-state index is -5.12. The van der Waals surface area contributed by atoms with Crippen molar-refractivity contribution in [3.8, 4) is 11.5 Å². The molecule has 1 amide bonds. The van der Waals surface area contributed by atoms with E-state index in [0.29, 0.717) is 19.5 Å². The van der Waals surface area contributed by atoms with Crippen molar-refractivity contribution in [2.24, 2.45) is 17.6 Å². The van der Waals surface area contributed by atoms with Gasteiger partial charge in [0.25, 0.3) is 5.91 Å². The molecule has 43 heavy (non-hydrogen) atoms. The molecule has 1 heterocycles. The Hall–Kier alpha value is -3.62. The van der Waals surface area contributed by atoms with Crippen LogP contribution in [0.2, 0.25) is 0 Å². The van der Waals surface area contributed by atoms with Crippen molar-refractivity contribution in [2.75, 3.05) is 27.2 Å². The lowest BCUT2D eigenvalue weighted by molar-refractivity contribution is -0.275. The molecule has 5 rings (SSSR count). The van der Waals surface area contributed by atoms with Gasteiger partial charge >= 0.3 is 6.36 Å². The second kappa shape index (κ2) is 10.5. The molecule has 1 unspecified atom stereocenters. The number of aromatic hydroxyl groups is 1. The van der Waals surface area contributed by atoms with Crippen molar-refractivity contribution in [2.45, 2.75) is 63.1 Å². The van der Waals surface area contributed by atoms with E-state index in [1.807, 2.05) is 11.8 Å². The van der Waals surface area contributed by atoms with Gasteiger partial charge in [0, 0.05) is 28.7 Å². The third kappa shape index (κ3) is 4.66. The number of piperidine rings is 1. The number of likely N-dealkylation sites (tertiary alicyclic amines) is 1. The first-order valence-electron chi connectivity index (χ1n) is 14.1. The topological polar surface area (TPSA) is 174 Å². The first kappa shape index (κ1) is 30.8. The lowest BCUT2D eigenvalue weighted by Crippen LogP contribution is -2.65. The number of hydrogen-bond acceptors (Lipinski definition) is 10. The minimum Gasteiger partial charge on any atom is -0.508 e. The van der Waals surface area contributed by atoms with Crippen LogP contribution in [0, 0.1) is 11.8 Å². The summed E-state index contributed by atoms with van der Waals surface area (Å²) in [5, 5.41) is 45.1. The molecule has 1 aromatic carbocycles. The number of primary amides is 1. The number of carbonyl (C=O) groups is 3. The summed E-state index contributed by atoms with van der Waals surface area (Å²) in [4.78, 5) is 42.7. The summed E-state index contributed by atoms with van der Waals surface area (Å²) in [6.45, 7) is 3.03. The molecular formula is C29H34F3N3O8. The highest BCUT2D eigenvalue weighted by molar-refractivity contribution is 6.24. The van der Waals surface area contributed by atoms with E-state index in [9.17, 15) is 48.0 Å². The SMILES string of the molecule is CCN1CCCCC1c1cc(O)c2c(c1OC(F)(F)F)C[C@H]1C[C@H]3[C@H](N(C)C)C(=O)C(C(N)=O)=C(O)[C@@]3(O)C(=O)C1=C2O. The number of Topliss-reactive ketones (excluding diaryl/α,β-unsaturated/α-hetero) is 2. The van der Waals surface area contributed by atoms with Gasteiger partial charge in [-0.05, 0) is 64.9 Å². The van der Waals surface area contributed by atoms with Crippen molar-refractivity contribution < 1.29 is 52.7 Å². The lowest BCUT2D eigenvalue weighted by atomic mass is 9.57. The van der Waals surface area contributed by atoms with E-state index in [1.54, 1.807) is 0 Å². The maximum Gasteiger partial charge on any atom is 0.573 e. The number of phenolic OH excluding ortho intramolecular Hbond substituents is 1. The average Bonchev–Trinajstić information content (AvgIpc) is 2.91. The molecule has 2 fully saturated rings. The third-order valence-corrected chi connectivity index (χ3v) is 9.30. The maximum atomic E-state index is 14.0.